The molecule has 3 aromatic rings. The molecule has 0 saturated carbocycles. The maximum atomic E-state index is 12.5. The Morgan fingerprint density at radius 2 is 1.86 bits per heavy atom. The van der Waals surface area contributed by atoms with Gasteiger partial charge in [0.2, 0.25) is 0 Å². The summed E-state index contributed by atoms with van der Waals surface area (Å²) in [5.41, 5.74) is 1.88. The number of nitrogens with zero attached hydrogens (tertiary/aromatic N) is 5. The number of aryl methyl sites for hydroxylation is 1. The molecule has 0 aliphatic carbocycles. The van der Waals surface area contributed by atoms with E-state index in [0.717, 1.165) is 64.8 Å². The predicted octanol–water partition coefficient (Wildman–Crippen LogP) is 2.81. The van der Waals surface area contributed by atoms with E-state index in [4.69, 9.17) is 0 Å². The number of likely N-dealkylation sites (N-methyl/N-ethyl adjacent to an activating group) is 1. The van der Waals surface area contributed by atoms with Gasteiger partial charge in [-0.15, -0.1) is 10.2 Å². The summed E-state index contributed by atoms with van der Waals surface area (Å²) in [5.74, 6) is 0.229. The van der Waals surface area contributed by atoms with Crippen molar-refractivity contribution < 1.29 is 4.79 Å². The molecule has 7 heteroatoms. The van der Waals surface area contributed by atoms with Crippen molar-refractivity contribution in [3.63, 3.8) is 0 Å². The van der Waals surface area contributed by atoms with E-state index in [1.807, 2.05) is 31.3 Å². The van der Waals surface area contributed by atoms with Crippen LogP contribution in [0.3, 0.4) is 0 Å². The number of rotatable bonds is 6. The number of fused-ring (bicyclic) bond motifs is 1. The van der Waals surface area contributed by atoms with Crippen molar-refractivity contribution in [1.82, 2.24) is 25.0 Å². The fourth-order valence-corrected chi connectivity index (χ4v) is 4.29. The van der Waals surface area contributed by atoms with Gasteiger partial charge in [0.05, 0.1) is 13.0 Å². The maximum absolute atomic E-state index is 12.5. The van der Waals surface area contributed by atoms with Gasteiger partial charge in [-0.25, -0.2) is 0 Å². The Bertz CT molecular complexity index is 978. The minimum Gasteiger partial charge on any atom is -0.301 e. The van der Waals surface area contributed by atoms with Crippen LogP contribution in [0.2, 0.25) is 0 Å². The van der Waals surface area contributed by atoms with Crippen molar-refractivity contribution in [2.45, 2.75) is 20.3 Å². The lowest BCUT2D eigenvalue weighted by Crippen LogP contribution is -2.47. The van der Waals surface area contributed by atoms with Gasteiger partial charge in [-0.3, -0.25) is 14.7 Å². The lowest BCUT2D eigenvalue weighted by Gasteiger charge is -2.33. The monoisotopic (exact) mass is 395 g/mol. The summed E-state index contributed by atoms with van der Waals surface area (Å²) >= 11 is 1.58. The van der Waals surface area contributed by atoms with E-state index in [-0.39, 0.29) is 5.78 Å². The van der Waals surface area contributed by atoms with Gasteiger partial charge in [0.1, 0.15) is 10.0 Å². The van der Waals surface area contributed by atoms with Gasteiger partial charge in [-0.05, 0) is 31.0 Å². The van der Waals surface area contributed by atoms with E-state index in [0.29, 0.717) is 13.0 Å². The van der Waals surface area contributed by atoms with Crippen LogP contribution < -0.4 is 0 Å². The zero-order chi connectivity index (χ0) is 19.5. The molecule has 6 nitrogen and oxygen atoms in total. The van der Waals surface area contributed by atoms with Gasteiger partial charge in [0.25, 0.3) is 0 Å². The minimum atomic E-state index is 0.229. The number of piperazine rings is 1. The number of carbonyl (C=O) groups is 1. The molecule has 0 N–H and O–H groups in total. The second-order valence-electron chi connectivity index (χ2n) is 7.29. The Labute approximate surface area is 169 Å². The summed E-state index contributed by atoms with van der Waals surface area (Å²) in [6.45, 7) is 9.77. The highest BCUT2D eigenvalue weighted by Gasteiger charge is 2.18. The summed E-state index contributed by atoms with van der Waals surface area (Å²) in [7, 11) is 0. The smallest absolute Gasteiger partial charge is 0.152 e. The van der Waals surface area contributed by atoms with Gasteiger partial charge in [-0.1, -0.05) is 30.4 Å². The molecule has 0 radical (unpaired) electrons. The van der Waals surface area contributed by atoms with Crippen molar-refractivity contribution in [2.75, 3.05) is 39.3 Å². The van der Waals surface area contributed by atoms with Gasteiger partial charge in [0.15, 0.2) is 5.78 Å². The highest BCUT2D eigenvalue weighted by atomic mass is 32.1. The van der Waals surface area contributed by atoms with E-state index >= 15 is 0 Å². The molecule has 28 heavy (non-hydrogen) atoms. The summed E-state index contributed by atoms with van der Waals surface area (Å²) in [6, 6.07) is 8.23. The molecule has 3 heterocycles. The van der Waals surface area contributed by atoms with Crippen LogP contribution >= 0.6 is 11.3 Å². The lowest BCUT2D eigenvalue weighted by molar-refractivity contribution is -0.120. The van der Waals surface area contributed by atoms with Gasteiger partial charge in [-0.2, -0.15) is 0 Å². The molecule has 2 aromatic heterocycles. The third-order valence-corrected chi connectivity index (χ3v) is 6.13. The second-order valence-corrected chi connectivity index (χ2v) is 8.47. The average molecular weight is 396 g/mol. The Morgan fingerprint density at radius 3 is 2.57 bits per heavy atom. The van der Waals surface area contributed by atoms with Gasteiger partial charge < -0.3 is 4.90 Å². The predicted molar refractivity (Wildman–Crippen MR) is 113 cm³/mol. The van der Waals surface area contributed by atoms with E-state index in [1.165, 1.54) is 0 Å². The van der Waals surface area contributed by atoms with E-state index in [9.17, 15) is 4.79 Å². The number of pyridine rings is 1. The van der Waals surface area contributed by atoms with E-state index < -0.39 is 0 Å². The van der Waals surface area contributed by atoms with Crippen molar-refractivity contribution in [3.8, 4) is 10.6 Å². The average Bonchev–Trinajstić information content (AvgIpc) is 3.14. The molecular weight excluding hydrogens is 370 g/mol. The first kappa shape index (κ1) is 19.1. The highest BCUT2D eigenvalue weighted by molar-refractivity contribution is 7.14. The second kappa shape index (κ2) is 8.43. The van der Waals surface area contributed by atoms with E-state index in [1.54, 1.807) is 11.3 Å². The number of carbonyl (C=O) groups excluding carboxylic acids is 1. The van der Waals surface area contributed by atoms with Crippen LogP contribution in [0, 0.1) is 6.92 Å². The summed E-state index contributed by atoms with van der Waals surface area (Å²) in [4.78, 5) is 21.7. The van der Waals surface area contributed by atoms with Crippen LogP contribution in [0.15, 0.2) is 30.5 Å². The molecule has 1 saturated heterocycles. The molecule has 0 bridgehead atoms. The molecule has 0 unspecified atom stereocenters. The van der Waals surface area contributed by atoms with Crippen LogP contribution in [-0.4, -0.2) is 70.0 Å². The number of hydrogen-bond acceptors (Lipinski definition) is 7. The van der Waals surface area contributed by atoms with Crippen LogP contribution in [0.5, 0.6) is 0 Å². The van der Waals surface area contributed by atoms with Crippen molar-refractivity contribution in [3.05, 3.63) is 41.2 Å². The SMILES string of the molecule is CCN1CCN(CC(=O)Cc2cc3cc(-c4nnc(C)s4)ccc3cn2)CC1. The van der Waals surface area contributed by atoms with Crippen molar-refractivity contribution in [2.24, 2.45) is 0 Å². The van der Waals surface area contributed by atoms with Crippen LogP contribution in [0.4, 0.5) is 0 Å². The van der Waals surface area contributed by atoms with Crippen molar-refractivity contribution >= 4 is 27.9 Å². The Balaban J connectivity index is 1.44. The summed E-state index contributed by atoms with van der Waals surface area (Å²) in [5, 5.41) is 12.4. The van der Waals surface area contributed by atoms with Crippen LogP contribution in [0.25, 0.3) is 21.3 Å². The number of hydrogen-bond donors (Lipinski definition) is 0. The third-order valence-electron chi connectivity index (χ3n) is 5.24. The molecule has 4 rings (SSSR count). The molecular formula is C21H25N5OS. The molecule has 1 aliphatic heterocycles. The molecule has 146 valence electrons. The van der Waals surface area contributed by atoms with Gasteiger partial charge >= 0.3 is 0 Å². The van der Waals surface area contributed by atoms with Crippen molar-refractivity contribution in [1.29, 1.82) is 0 Å². The standard InChI is InChI=1S/C21H25N5OS/c1-3-25-6-8-26(9-7-25)14-20(27)12-19-11-18-10-16(4-5-17(18)13-22-19)21-24-23-15(2)28-21/h4-5,10-11,13H,3,6-9,12,14H2,1-2H3. The Kier molecular flexibility index (Phi) is 5.75. The van der Waals surface area contributed by atoms with E-state index in [2.05, 4.69) is 38.0 Å². The van der Waals surface area contributed by atoms with Crippen LogP contribution in [0.1, 0.15) is 17.6 Å². The molecule has 1 aliphatic rings. The lowest BCUT2D eigenvalue weighted by atomic mass is 10.1. The molecule has 1 fully saturated rings. The quantitative estimate of drug-likeness (QED) is 0.640. The number of aromatic nitrogens is 3. The largest absolute Gasteiger partial charge is 0.301 e. The minimum absolute atomic E-state index is 0.229. The first-order chi connectivity index (χ1) is 13.6. The maximum Gasteiger partial charge on any atom is 0.152 e. The third kappa shape index (κ3) is 4.43. The topological polar surface area (TPSA) is 62.2 Å². The number of ketones is 1. The van der Waals surface area contributed by atoms with Gasteiger partial charge in [0, 0.05) is 49.0 Å². The highest BCUT2D eigenvalue weighted by Crippen LogP contribution is 2.27. The number of benzene rings is 1. The Morgan fingerprint density at radius 1 is 1.07 bits per heavy atom. The summed E-state index contributed by atoms with van der Waals surface area (Å²) in [6.07, 6.45) is 2.24. The first-order valence-electron chi connectivity index (χ1n) is 9.76. The summed E-state index contributed by atoms with van der Waals surface area (Å²) < 4.78 is 0. The van der Waals surface area contributed by atoms with Crippen LogP contribution in [-0.2, 0) is 11.2 Å². The zero-order valence-electron chi connectivity index (χ0n) is 16.4. The molecule has 0 amide bonds. The first-order valence-corrected chi connectivity index (χ1v) is 10.6. The number of Topliss-reactive ketones (excluding diaryl/α,β-unsaturated/α-hetero) is 1. The normalized spacial score (nSPS) is 15.9. The fourth-order valence-electron chi connectivity index (χ4n) is 3.60. The molecule has 0 spiro atoms. The zero-order valence-corrected chi connectivity index (χ0v) is 17.2. The fraction of sp³-hybridized carbons (Fsp3) is 0.429. The molecule has 1 aromatic carbocycles. The Hall–Kier alpha value is -2.22. The molecule has 0 atom stereocenters.